The number of nitrogens with zero attached hydrogens (tertiary/aromatic N) is 4. The maximum atomic E-state index is 5.38. The molecule has 0 bridgehead atoms. The molecule has 78 valence electrons. The van der Waals surface area contributed by atoms with Gasteiger partial charge >= 0.3 is 6.01 Å². The van der Waals surface area contributed by atoms with Crippen molar-refractivity contribution in [3.63, 3.8) is 0 Å². The van der Waals surface area contributed by atoms with Gasteiger partial charge in [-0.05, 0) is 12.1 Å². The third kappa shape index (κ3) is 1.28. The molecule has 0 spiro atoms. The molecule has 3 aromatic rings. The minimum absolute atomic E-state index is 0.0379. The number of nitrogens with two attached hydrogens (primary N) is 1. The molecule has 6 nitrogen and oxygen atoms in total. The molecule has 0 amide bonds. The largest absolute Gasteiger partial charge is 0.403 e. The fourth-order valence-electron chi connectivity index (χ4n) is 1.51. The van der Waals surface area contributed by atoms with Crippen molar-refractivity contribution in [3.8, 4) is 11.5 Å². The predicted octanol–water partition coefficient (Wildman–Crippen LogP) is 1.26. The highest BCUT2D eigenvalue weighted by atomic mass is 16.4. The van der Waals surface area contributed by atoms with Crippen LogP contribution in [0.2, 0.25) is 0 Å². The van der Waals surface area contributed by atoms with E-state index in [0.717, 1.165) is 11.1 Å². The van der Waals surface area contributed by atoms with E-state index >= 15 is 0 Å². The van der Waals surface area contributed by atoms with E-state index in [1.807, 2.05) is 18.2 Å². The minimum atomic E-state index is 0.0379. The zero-order chi connectivity index (χ0) is 11.0. The van der Waals surface area contributed by atoms with E-state index in [0.29, 0.717) is 11.4 Å². The number of anilines is 1. The molecule has 0 saturated heterocycles. The second-order valence-electron chi connectivity index (χ2n) is 3.18. The van der Waals surface area contributed by atoms with Crippen LogP contribution in [0.1, 0.15) is 0 Å². The summed E-state index contributed by atoms with van der Waals surface area (Å²) in [5, 5.41) is 7.44. The van der Waals surface area contributed by atoms with Crippen molar-refractivity contribution < 1.29 is 4.42 Å². The highest BCUT2D eigenvalue weighted by Gasteiger charge is 2.11. The van der Waals surface area contributed by atoms with Crippen molar-refractivity contribution in [2.45, 2.75) is 0 Å². The standard InChI is InChI=1S/C10H7N5O/c11-10-15-14-9(16-10)6-2-1-3-7-8(6)13-5-4-12-7/h1-5H,(H2,11,15). The lowest BCUT2D eigenvalue weighted by Crippen LogP contribution is -1.86. The predicted molar refractivity (Wildman–Crippen MR) is 57.2 cm³/mol. The summed E-state index contributed by atoms with van der Waals surface area (Å²) in [5.74, 6) is 0.351. The molecule has 0 atom stereocenters. The number of fused-ring (bicyclic) bond motifs is 1. The van der Waals surface area contributed by atoms with E-state index < -0.39 is 0 Å². The summed E-state index contributed by atoms with van der Waals surface area (Å²) in [7, 11) is 0. The molecule has 0 aliphatic heterocycles. The van der Waals surface area contributed by atoms with E-state index in [4.69, 9.17) is 10.2 Å². The average Bonchev–Trinajstić information content (AvgIpc) is 2.75. The molecule has 0 fully saturated rings. The van der Waals surface area contributed by atoms with Crippen LogP contribution in [0.3, 0.4) is 0 Å². The lowest BCUT2D eigenvalue weighted by molar-refractivity contribution is 0.591. The molecule has 6 heteroatoms. The van der Waals surface area contributed by atoms with E-state index in [-0.39, 0.29) is 6.01 Å². The van der Waals surface area contributed by atoms with Crippen molar-refractivity contribution in [1.29, 1.82) is 0 Å². The molecular weight excluding hydrogens is 206 g/mol. The number of para-hydroxylation sites is 1. The van der Waals surface area contributed by atoms with Gasteiger partial charge in [-0.15, -0.1) is 5.10 Å². The van der Waals surface area contributed by atoms with Crippen LogP contribution in [-0.2, 0) is 0 Å². The Morgan fingerprint density at radius 3 is 2.75 bits per heavy atom. The minimum Gasteiger partial charge on any atom is -0.403 e. The first-order valence-electron chi connectivity index (χ1n) is 4.64. The van der Waals surface area contributed by atoms with Crippen LogP contribution in [-0.4, -0.2) is 20.2 Å². The van der Waals surface area contributed by atoms with Gasteiger partial charge in [0.25, 0.3) is 5.89 Å². The van der Waals surface area contributed by atoms with Crippen molar-refractivity contribution in [1.82, 2.24) is 20.2 Å². The van der Waals surface area contributed by atoms with Gasteiger partial charge in [0.2, 0.25) is 0 Å². The van der Waals surface area contributed by atoms with Gasteiger partial charge in [-0.25, -0.2) is 0 Å². The Morgan fingerprint density at radius 1 is 1.06 bits per heavy atom. The molecule has 0 aliphatic rings. The number of nitrogen functional groups attached to an aromatic ring is 1. The lowest BCUT2D eigenvalue weighted by atomic mass is 10.2. The smallest absolute Gasteiger partial charge is 0.313 e. The second kappa shape index (κ2) is 3.27. The summed E-state index contributed by atoms with van der Waals surface area (Å²) < 4.78 is 5.17. The van der Waals surface area contributed by atoms with Crippen LogP contribution in [0.15, 0.2) is 35.0 Å². The number of rotatable bonds is 1. The van der Waals surface area contributed by atoms with Crippen molar-refractivity contribution >= 4 is 17.0 Å². The fraction of sp³-hybridized carbons (Fsp3) is 0. The Bertz CT molecular complexity index is 643. The third-order valence-electron chi connectivity index (χ3n) is 2.17. The van der Waals surface area contributed by atoms with E-state index in [1.54, 1.807) is 12.4 Å². The summed E-state index contributed by atoms with van der Waals surface area (Å²) in [4.78, 5) is 8.43. The zero-order valence-electron chi connectivity index (χ0n) is 8.16. The average molecular weight is 213 g/mol. The SMILES string of the molecule is Nc1nnc(-c2cccc3nccnc23)o1. The third-order valence-corrected chi connectivity index (χ3v) is 2.17. The highest BCUT2D eigenvalue weighted by Crippen LogP contribution is 2.24. The van der Waals surface area contributed by atoms with Gasteiger partial charge in [0, 0.05) is 12.4 Å². The fourth-order valence-corrected chi connectivity index (χ4v) is 1.51. The zero-order valence-corrected chi connectivity index (χ0v) is 8.16. The first-order chi connectivity index (χ1) is 7.84. The normalized spacial score (nSPS) is 10.8. The van der Waals surface area contributed by atoms with Gasteiger partial charge in [-0.2, -0.15) is 0 Å². The molecule has 0 saturated carbocycles. The first-order valence-corrected chi connectivity index (χ1v) is 4.64. The van der Waals surface area contributed by atoms with E-state index in [2.05, 4.69) is 20.2 Å². The van der Waals surface area contributed by atoms with Gasteiger partial charge in [-0.1, -0.05) is 11.2 Å². The Hall–Kier alpha value is -2.50. The van der Waals surface area contributed by atoms with Gasteiger partial charge in [0.1, 0.15) is 5.52 Å². The molecule has 1 aromatic carbocycles. The molecular formula is C10H7N5O. The summed E-state index contributed by atoms with van der Waals surface area (Å²) in [6.45, 7) is 0. The lowest BCUT2D eigenvalue weighted by Gasteiger charge is -1.99. The summed E-state index contributed by atoms with van der Waals surface area (Å²) >= 11 is 0. The summed E-state index contributed by atoms with van der Waals surface area (Å²) in [5.41, 5.74) is 7.61. The summed E-state index contributed by atoms with van der Waals surface area (Å²) in [6, 6.07) is 5.60. The van der Waals surface area contributed by atoms with Crippen LogP contribution in [0, 0.1) is 0 Å². The van der Waals surface area contributed by atoms with Gasteiger partial charge in [0.15, 0.2) is 0 Å². The van der Waals surface area contributed by atoms with Crippen molar-refractivity contribution in [3.05, 3.63) is 30.6 Å². The van der Waals surface area contributed by atoms with Gasteiger partial charge < -0.3 is 10.2 Å². The molecule has 0 unspecified atom stereocenters. The quantitative estimate of drug-likeness (QED) is 0.654. The summed E-state index contributed by atoms with van der Waals surface area (Å²) in [6.07, 6.45) is 3.25. The molecule has 2 heterocycles. The number of benzene rings is 1. The maximum Gasteiger partial charge on any atom is 0.313 e. The number of aromatic nitrogens is 4. The Labute approximate surface area is 90.2 Å². The highest BCUT2D eigenvalue weighted by molar-refractivity contribution is 5.88. The van der Waals surface area contributed by atoms with Crippen LogP contribution >= 0.6 is 0 Å². The number of hydrogen-bond acceptors (Lipinski definition) is 6. The van der Waals surface area contributed by atoms with E-state index in [9.17, 15) is 0 Å². The van der Waals surface area contributed by atoms with Gasteiger partial charge in [-0.3, -0.25) is 9.97 Å². The molecule has 0 radical (unpaired) electrons. The molecule has 2 aromatic heterocycles. The van der Waals surface area contributed by atoms with Crippen molar-refractivity contribution in [2.24, 2.45) is 0 Å². The first kappa shape index (κ1) is 8.78. The Balaban J connectivity index is 2.31. The number of hydrogen-bond donors (Lipinski definition) is 1. The molecule has 16 heavy (non-hydrogen) atoms. The maximum absolute atomic E-state index is 5.38. The van der Waals surface area contributed by atoms with Crippen LogP contribution in [0.4, 0.5) is 6.01 Å². The molecule has 2 N–H and O–H groups in total. The van der Waals surface area contributed by atoms with E-state index in [1.165, 1.54) is 0 Å². The molecule has 3 rings (SSSR count). The van der Waals surface area contributed by atoms with Crippen molar-refractivity contribution in [2.75, 3.05) is 5.73 Å². The van der Waals surface area contributed by atoms with Gasteiger partial charge in [0.05, 0.1) is 11.1 Å². The molecule has 0 aliphatic carbocycles. The second-order valence-corrected chi connectivity index (χ2v) is 3.18. The van der Waals surface area contributed by atoms with Crippen LogP contribution in [0.25, 0.3) is 22.5 Å². The monoisotopic (exact) mass is 213 g/mol. The van der Waals surface area contributed by atoms with Crippen LogP contribution in [0.5, 0.6) is 0 Å². The topological polar surface area (TPSA) is 90.7 Å². The Morgan fingerprint density at radius 2 is 1.94 bits per heavy atom. The Kier molecular flexibility index (Phi) is 1.79. The van der Waals surface area contributed by atoms with Crippen LogP contribution < -0.4 is 5.73 Å².